The number of carbonyl (C=O) groups is 1. The Morgan fingerprint density at radius 3 is 2.56 bits per heavy atom. The number of nitro benzene ring substituents is 1. The van der Waals surface area contributed by atoms with Gasteiger partial charge in [0.2, 0.25) is 0 Å². The third-order valence-electron chi connectivity index (χ3n) is 3.82. The lowest BCUT2D eigenvalue weighted by molar-refractivity contribution is -0.384. The lowest BCUT2D eigenvalue weighted by Crippen LogP contribution is -2.30. The van der Waals surface area contributed by atoms with Crippen LogP contribution in [-0.2, 0) is 16.2 Å². The Morgan fingerprint density at radius 1 is 1.24 bits per heavy atom. The van der Waals surface area contributed by atoms with Gasteiger partial charge in [-0.2, -0.15) is 5.06 Å². The molecule has 2 aromatic rings. The monoisotopic (exact) mass is 344 g/mol. The van der Waals surface area contributed by atoms with E-state index in [1.165, 1.54) is 24.3 Å². The van der Waals surface area contributed by atoms with Crippen molar-refractivity contribution < 1.29 is 24.4 Å². The fraction of sp³-hybridized carbons (Fsp3) is 0.235. The average Bonchev–Trinajstić information content (AvgIpc) is 3.02. The number of hydrogen-bond acceptors (Lipinski definition) is 6. The maximum absolute atomic E-state index is 12.3. The highest BCUT2D eigenvalue weighted by molar-refractivity contribution is 5.67. The van der Waals surface area contributed by atoms with Crippen LogP contribution < -0.4 is 0 Å². The van der Waals surface area contributed by atoms with Crippen LogP contribution in [0.3, 0.4) is 0 Å². The molecule has 0 spiro atoms. The Bertz CT molecular complexity index is 749. The molecule has 2 atom stereocenters. The summed E-state index contributed by atoms with van der Waals surface area (Å²) in [6.07, 6.45) is -1.73. The van der Waals surface area contributed by atoms with E-state index in [1.807, 2.05) is 30.3 Å². The molecule has 8 nitrogen and oxygen atoms in total. The van der Waals surface area contributed by atoms with Crippen molar-refractivity contribution in [3.05, 3.63) is 75.8 Å². The Balaban J connectivity index is 1.70. The minimum Gasteiger partial charge on any atom is -0.443 e. The summed E-state index contributed by atoms with van der Waals surface area (Å²) >= 11 is 0. The zero-order chi connectivity index (χ0) is 17.8. The van der Waals surface area contributed by atoms with Gasteiger partial charge in [0.1, 0.15) is 6.61 Å². The van der Waals surface area contributed by atoms with Crippen molar-refractivity contribution in [1.29, 1.82) is 0 Å². The number of nitro groups is 1. The summed E-state index contributed by atoms with van der Waals surface area (Å²) in [7, 11) is 0. The zero-order valence-corrected chi connectivity index (χ0v) is 13.1. The van der Waals surface area contributed by atoms with E-state index < -0.39 is 23.3 Å². The van der Waals surface area contributed by atoms with E-state index in [4.69, 9.17) is 9.57 Å². The number of ether oxygens (including phenoxy) is 1. The number of hydrogen-bond donors (Lipinski definition) is 1. The summed E-state index contributed by atoms with van der Waals surface area (Å²) in [4.78, 5) is 27.6. The SMILES string of the molecule is O=C(OCc1ccccc1)N1OC(O)C[C@@H]1c1ccc([N+](=O)[O-])cc1. The summed E-state index contributed by atoms with van der Waals surface area (Å²) in [5.74, 6) is 0. The summed E-state index contributed by atoms with van der Waals surface area (Å²) in [5, 5.41) is 21.4. The molecule has 1 N–H and O–H groups in total. The predicted molar refractivity (Wildman–Crippen MR) is 86.0 cm³/mol. The molecule has 130 valence electrons. The molecule has 1 heterocycles. The molecule has 1 aliphatic rings. The maximum atomic E-state index is 12.3. The number of rotatable bonds is 4. The van der Waals surface area contributed by atoms with Gasteiger partial charge in [-0.1, -0.05) is 42.5 Å². The van der Waals surface area contributed by atoms with E-state index in [1.54, 1.807) is 0 Å². The molecule has 0 saturated carbocycles. The normalized spacial score (nSPS) is 19.6. The van der Waals surface area contributed by atoms with Crippen molar-refractivity contribution in [2.24, 2.45) is 0 Å². The highest BCUT2D eigenvalue weighted by Crippen LogP contribution is 2.34. The standard InChI is InChI=1S/C17H16N2O6/c20-16-10-15(13-6-8-14(9-7-13)19(22)23)18(25-16)17(21)24-11-12-4-2-1-3-5-12/h1-9,15-16,20H,10-11H2/t15-,16?/m1/s1. The molecule has 25 heavy (non-hydrogen) atoms. The van der Waals surface area contributed by atoms with Crippen molar-refractivity contribution in [2.45, 2.75) is 25.4 Å². The smallest absolute Gasteiger partial charge is 0.434 e. The first-order valence-electron chi connectivity index (χ1n) is 7.63. The third-order valence-corrected chi connectivity index (χ3v) is 3.82. The second-order valence-electron chi connectivity index (χ2n) is 5.53. The molecule has 0 bridgehead atoms. The van der Waals surface area contributed by atoms with Crippen LogP contribution in [-0.4, -0.2) is 27.5 Å². The highest BCUT2D eigenvalue weighted by Gasteiger charge is 2.38. The maximum Gasteiger partial charge on any atom is 0.434 e. The van der Waals surface area contributed by atoms with E-state index in [0.29, 0.717) is 5.56 Å². The Morgan fingerprint density at radius 2 is 1.92 bits per heavy atom. The fourth-order valence-corrected chi connectivity index (χ4v) is 2.58. The fourth-order valence-electron chi connectivity index (χ4n) is 2.58. The number of hydroxylamine groups is 2. The Labute approximate surface area is 143 Å². The lowest BCUT2D eigenvalue weighted by Gasteiger charge is -2.21. The molecule has 2 aromatic carbocycles. The van der Waals surface area contributed by atoms with Crippen LogP contribution in [0.5, 0.6) is 0 Å². The van der Waals surface area contributed by atoms with E-state index in [-0.39, 0.29) is 18.7 Å². The van der Waals surface area contributed by atoms with Crippen LogP contribution in [0.15, 0.2) is 54.6 Å². The van der Waals surface area contributed by atoms with Gasteiger partial charge in [-0.05, 0) is 11.1 Å². The number of amides is 1. The van der Waals surface area contributed by atoms with Crippen LogP contribution in [0.2, 0.25) is 0 Å². The largest absolute Gasteiger partial charge is 0.443 e. The van der Waals surface area contributed by atoms with Gasteiger partial charge in [0.25, 0.3) is 5.69 Å². The quantitative estimate of drug-likeness (QED) is 0.676. The topological polar surface area (TPSA) is 102 Å². The number of nitrogens with zero attached hydrogens (tertiary/aromatic N) is 2. The van der Waals surface area contributed by atoms with Gasteiger partial charge in [0.15, 0.2) is 6.29 Å². The summed E-state index contributed by atoms with van der Waals surface area (Å²) in [5.41, 5.74) is 1.38. The van der Waals surface area contributed by atoms with Crippen molar-refractivity contribution in [1.82, 2.24) is 5.06 Å². The average molecular weight is 344 g/mol. The molecule has 0 aliphatic carbocycles. The highest BCUT2D eigenvalue weighted by atomic mass is 16.8. The number of carbonyl (C=O) groups excluding carboxylic acids is 1. The number of non-ortho nitro benzene ring substituents is 1. The van der Waals surface area contributed by atoms with E-state index in [0.717, 1.165) is 10.6 Å². The van der Waals surface area contributed by atoms with Crippen LogP contribution in [0.1, 0.15) is 23.6 Å². The van der Waals surface area contributed by atoms with Gasteiger partial charge < -0.3 is 9.84 Å². The van der Waals surface area contributed by atoms with Crippen LogP contribution in [0.25, 0.3) is 0 Å². The first-order chi connectivity index (χ1) is 12.0. The van der Waals surface area contributed by atoms with Gasteiger partial charge in [0.05, 0.1) is 11.0 Å². The van der Waals surface area contributed by atoms with Crippen LogP contribution in [0.4, 0.5) is 10.5 Å². The Hall–Kier alpha value is -2.97. The van der Waals surface area contributed by atoms with Gasteiger partial charge in [-0.15, -0.1) is 0 Å². The zero-order valence-electron chi connectivity index (χ0n) is 13.1. The van der Waals surface area contributed by atoms with Gasteiger partial charge >= 0.3 is 6.09 Å². The minimum atomic E-state index is -1.15. The Kier molecular flexibility index (Phi) is 4.92. The van der Waals surface area contributed by atoms with Crippen molar-refractivity contribution >= 4 is 11.8 Å². The predicted octanol–water partition coefficient (Wildman–Crippen LogP) is 2.93. The van der Waals surface area contributed by atoms with Gasteiger partial charge in [-0.3, -0.25) is 10.1 Å². The van der Waals surface area contributed by atoms with Gasteiger partial charge in [-0.25, -0.2) is 9.63 Å². The van der Waals surface area contributed by atoms with Crippen LogP contribution in [0, 0.1) is 10.1 Å². The molecule has 1 amide bonds. The number of benzene rings is 2. The van der Waals surface area contributed by atoms with Crippen LogP contribution >= 0.6 is 0 Å². The molecule has 1 aliphatic heterocycles. The second kappa shape index (κ2) is 7.29. The first kappa shape index (κ1) is 16.9. The molecule has 1 saturated heterocycles. The molecule has 3 rings (SSSR count). The first-order valence-corrected chi connectivity index (χ1v) is 7.63. The van der Waals surface area contributed by atoms with E-state index >= 15 is 0 Å². The van der Waals surface area contributed by atoms with E-state index in [9.17, 15) is 20.0 Å². The molecule has 8 heteroatoms. The number of aliphatic hydroxyl groups is 1. The van der Waals surface area contributed by atoms with Crippen molar-refractivity contribution in [3.63, 3.8) is 0 Å². The lowest BCUT2D eigenvalue weighted by atomic mass is 10.0. The minimum absolute atomic E-state index is 0.0542. The van der Waals surface area contributed by atoms with Crippen molar-refractivity contribution in [2.75, 3.05) is 0 Å². The molecule has 0 radical (unpaired) electrons. The van der Waals surface area contributed by atoms with Gasteiger partial charge in [0, 0.05) is 18.6 Å². The molecule has 1 unspecified atom stereocenters. The summed E-state index contributed by atoms with van der Waals surface area (Å²) < 4.78 is 5.22. The molecule has 1 fully saturated rings. The summed E-state index contributed by atoms with van der Waals surface area (Å²) in [6.45, 7) is 0.0720. The third kappa shape index (κ3) is 3.93. The second-order valence-corrected chi connectivity index (χ2v) is 5.53. The van der Waals surface area contributed by atoms with Crippen molar-refractivity contribution in [3.8, 4) is 0 Å². The van der Waals surface area contributed by atoms with E-state index in [2.05, 4.69) is 0 Å². The number of aliphatic hydroxyl groups excluding tert-OH is 1. The molecule has 0 aromatic heterocycles. The summed E-state index contributed by atoms with van der Waals surface area (Å²) in [6, 6.07) is 14.3. The molecular weight excluding hydrogens is 328 g/mol. The molecular formula is C17H16N2O6.